The molecular weight excluding hydrogens is 459 g/mol. The first-order chi connectivity index (χ1) is 11.1. The standard InChI is InChI=1S/C12H17IN2O8S/c13-8-9(16)2-1-6-14(24(20,21)22)7-5-12(19)23-15-10(17)3-4-11(15)18/h1-8H2,(H,20,21,22). The molecule has 0 aliphatic carbocycles. The van der Waals surface area contributed by atoms with Crippen LogP contribution in [0.15, 0.2) is 0 Å². The van der Waals surface area contributed by atoms with E-state index < -0.39 is 41.1 Å². The number of halogens is 1. The number of hydrogen-bond acceptors (Lipinski definition) is 7. The highest BCUT2D eigenvalue weighted by molar-refractivity contribution is 14.1. The Morgan fingerprint density at radius 2 is 1.75 bits per heavy atom. The third-order valence-corrected chi connectivity index (χ3v) is 4.97. The fraction of sp³-hybridized carbons (Fsp3) is 0.667. The molecule has 0 bridgehead atoms. The van der Waals surface area contributed by atoms with Crippen LogP contribution in [-0.2, 0) is 34.3 Å². The number of nitrogens with zero attached hydrogens (tertiary/aromatic N) is 2. The number of hydroxylamine groups is 2. The summed E-state index contributed by atoms with van der Waals surface area (Å²) in [5.41, 5.74) is 0. The summed E-state index contributed by atoms with van der Waals surface area (Å²) in [5, 5.41) is 0.360. The molecule has 1 saturated heterocycles. The summed E-state index contributed by atoms with van der Waals surface area (Å²) in [7, 11) is -4.55. The molecule has 1 fully saturated rings. The third kappa shape index (κ3) is 6.78. The summed E-state index contributed by atoms with van der Waals surface area (Å²) in [5.74, 6) is -2.32. The lowest BCUT2D eigenvalue weighted by Gasteiger charge is -2.18. The van der Waals surface area contributed by atoms with Crippen molar-refractivity contribution >= 4 is 56.5 Å². The van der Waals surface area contributed by atoms with E-state index in [0.29, 0.717) is 13.8 Å². The molecule has 10 nitrogen and oxygen atoms in total. The smallest absolute Gasteiger partial charge is 0.330 e. The summed E-state index contributed by atoms with van der Waals surface area (Å²) < 4.78 is 32.6. The lowest BCUT2D eigenvalue weighted by molar-refractivity contribution is -0.197. The quantitative estimate of drug-likeness (QED) is 0.199. The highest BCUT2D eigenvalue weighted by Gasteiger charge is 2.33. The van der Waals surface area contributed by atoms with E-state index in [-0.39, 0.29) is 38.0 Å². The number of Topliss-reactive ketones (excluding diaryl/α,β-unsaturated/α-hetero) is 1. The summed E-state index contributed by atoms with van der Waals surface area (Å²) >= 11 is 1.89. The molecule has 1 N–H and O–H groups in total. The van der Waals surface area contributed by atoms with Crippen LogP contribution >= 0.6 is 22.6 Å². The summed E-state index contributed by atoms with van der Waals surface area (Å²) in [6.45, 7) is -0.539. The lowest BCUT2D eigenvalue weighted by Crippen LogP contribution is -2.36. The van der Waals surface area contributed by atoms with Gasteiger partial charge in [-0.3, -0.25) is 18.9 Å². The molecule has 0 radical (unpaired) electrons. The van der Waals surface area contributed by atoms with Gasteiger partial charge in [-0.25, -0.2) is 4.79 Å². The maximum Gasteiger partial charge on any atom is 0.335 e. The van der Waals surface area contributed by atoms with Gasteiger partial charge in [-0.2, -0.15) is 12.7 Å². The summed E-state index contributed by atoms with van der Waals surface area (Å²) in [6, 6.07) is 0. The number of amides is 2. The van der Waals surface area contributed by atoms with E-state index in [9.17, 15) is 27.6 Å². The lowest BCUT2D eigenvalue weighted by atomic mass is 10.2. The van der Waals surface area contributed by atoms with E-state index in [1.54, 1.807) is 0 Å². The van der Waals surface area contributed by atoms with Crippen LogP contribution in [0.25, 0.3) is 0 Å². The fourth-order valence-corrected chi connectivity index (χ4v) is 2.95. The Hall–Kier alpha value is -1.12. The molecule has 1 aliphatic rings. The van der Waals surface area contributed by atoms with Gasteiger partial charge in [-0.05, 0) is 6.42 Å². The van der Waals surface area contributed by atoms with Gasteiger partial charge < -0.3 is 4.84 Å². The van der Waals surface area contributed by atoms with Crippen molar-refractivity contribution in [3.8, 4) is 0 Å². The number of rotatable bonds is 10. The second-order valence-electron chi connectivity index (χ2n) is 4.95. The summed E-state index contributed by atoms with van der Waals surface area (Å²) in [6.07, 6.45) is -0.213. The van der Waals surface area contributed by atoms with Crippen LogP contribution in [0.4, 0.5) is 0 Å². The molecule has 0 spiro atoms. The first kappa shape index (κ1) is 20.9. The number of hydrogen-bond donors (Lipinski definition) is 1. The van der Waals surface area contributed by atoms with Crippen molar-refractivity contribution in [2.75, 3.05) is 17.5 Å². The number of imide groups is 1. The minimum atomic E-state index is -4.55. The van der Waals surface area contributed by atoms with Gasteiger partial charge in [0.25, 0.3) is 11.8 Å². The van der Waals surface area contributed by atoms with Crippen molar-refractivity contribution < 1.29 is 37.0 Å². The van der Waals surface area contributed by atoms with E-state index in [1.807, 2.05) is 22.6 Å². The molecule has 1 aliphatic heterocycles. The van der Waals surface area contributed by atoms with Gasteiger partial charge in [0.1, 0.15) is 5.78 Å². The highest BCUT2D eigenvalue weighted by Crippen LogP contribution is 2.13. The second-order valence-corrected chi connectivity index (χ2v) is 7.12. The van der Waals surface area contributed by atoms with Gasteiger partial charge in [-0.15, -0.1) is 5.06 Å². The van der Waals surface area contributed by atoms with Gasteiger partial charge in [0.15, 0.2) is 0 Å². The molecule has 12 heteroatoms. The zero-order valence-corrected chi connectivity index (χ0v) is 15.6. The topological polar surface area (TPSA) is 138 Å². The molecule has 0 aromatic rings. The second kappa shape index (κ2) is 9.39. The normalized spacial score (nSPS) is 15.2. The molecule has 0 unspecified atom stereocenters. The van der Waals surface area contributed by atoms with Crippen LogP contribution in [0.1, 0.15) is 32.1 Å². The molecule has 0 aromatic heterocycles. The van der Waals surface area contributed by atoms with Crippen molar-refractivity contribution in [3.63, 3.8) is 0 Å². The molecule has 0 atom stereocenters. The van der Waals surface area contributed by atoms with E-state index >= 15 is 0 Å². The largest absolute Gasteiger partial charge is 0.335 e. The maximum atomic E-state index is 11.6. The molecule has 1 heterocycles. The molecule has 136 valence electrons. The van der Waals surface area contributed by atoms with E-state index in [4.69, 9.17) is 4.55 Å². The van der Waals surface area contributed by atoms with Crippen LogP contribution in [0.5, 0.6) is 0 Å². The Balaban J connectivity index is 2.49. The molecule has 1 rings (SSSR count). The van der Waals surface area contributed by atoms with Crippen LogP contribution in [0, 0.1) is 0 Å². The number of carbonyl (C=O) groups is 4. The molecule has 0 aromatic carbocycles. The Morgan fingerprint density at radius 1 is 1.17 bits per heavy atom. The van der Waals surface area contributed by atoms with Crippen molar-refractivity contribution in [2.24, 2.45) is 0 Å². The molecular formula is C12H17IN2O8S. The number of alkyl halides is 1. The Labute approximate surface area is 152 Å². The van der Waals surface area contributed by atoms with Gasteiger partial charge >= 0.3 is 16.3 Å². The van der Waals surface area contributed by atoms with E-state index in [0.717, 1.165) is 0 Å². The van der Waals surface area contributed by atoms with Crippen molar-refractivity contribution in [1.29, 1.82) is 0 Å². The first-order valence-electron chi connectivity index (χ1n) is 7.02. The van der Waals surface area contributed by atoms with Crippen LogP contribution in [0.3, 0.4) is 0 Å². The minimum absolute atomic E-state index is 0.0475. The van der Waals surface area contributed by atoms with Gasteiger partial charge in [-0.1, -0.05) is 22.6 Å². The minimum Gasteiger partial charge on any atom is -0.330 e. The number of carbonyl (C=O) groups excluding carboxylic acids is 4. The molecule has 2 amide bonds. The van der Waals surface area contributed by atoms with Gasteiger partial charge in [0, 0.05) is 32.4 Å². The fourth-order valence-electron chi connectivity index (χ4n) is 1.88. The highest BCUT2D eigenvalue weighted by atomic mass is 127. The average molecular weight is 476 g/mol. The van der Waals surface area contributed by atoms with E-state index in [1.165, 1.54) is 0 Å². The zero-order chi connectivity index (χ0) is 18.3. The van der Waals surface area contributed by atoms with Crippen LogP contribution in [0.2, 0.25) is 0 Å². The monoisotopic (exact) mass is 476 g/mol. The van der Waals surface area contributed by atoms with Gasteiger partial charge in [0.2, 0.25) is 0 Å². The number of ketones is 1. The average Bonchev–Trinajstić information content (AvgIpc) is 2.80. The van der Waals surface area contributed by atoms with Crippen LogP contribution < -0.4 is 0 Å². The third-order valence-electron chi connectivity index (χ3n) is 3.10. The SMILES string of the molecule is O=C(CI)CCCN(CCC(=O)ON1C(=O)CCC1=O)S(=O)(=O)O. The maximum absolute atomic E-state index is 11.6. The Morgan fingerprint density at radius 3 is 2.25 bits per heavy atom. The van der Waals surface area contributed by atoms with Crippen LogP contribution in [-0.4, -0.2) is 63.4 Å². The molecule has 0 saturated carbocycles. The van der Waals surface area contributed by atoms with Gasteiger partial charge in [0.05, 0.1) is 10.8 Å². The van der Waals surface area contributed by atoms with E-state index in [2.05, 4.69) is 4.84 Å². The predicted molar refractivity (Wildman–Crippen MR) is 88.0 cm³/mol. The Bertz CT molecular complexity index is 605. The Kier molecular flexibility index (Phi) is 8.18. The first-order valence-corrected chi connectivity index (χ1v) is 9.94. The zero-order valence-electron chi connectivity index (χ0n) is 12.6. The molecule has 24 heavy (non-hydrogen) atoms. The summed E-state index contributed by atoms with van der Waals surface area (Å²) in [4.78, 5) is 50.0. The van der Waals surface area contributed by atoms with Crippen molar-refractivity contribution in [1.82, 2.24) is 9.37 Å². The predicted octanol–water partition coefficient (Wildman–Crippen LogP) is -0.127. The van der Waals surface area contributed by atoms with Crippen molar-refractivity contribution in [3.05, 3.63) is 0 Å². The van der Waals surface area contributed by atoms with Crippen molar-refractivity contribution in [2.45, 2.75) is 32.1 Å².